The number of imide groups is 4. The molecule has 0 bridgehead atoms. The molecule has 4 fully saturated rings. The van der Waals surface area contributed by atoms with Gasteiger partial charge < -0.3 is 76.3 Å². The topological polar surface area (TPSA) is 453 Å². The number of fused-ring (bicyclic) bond motifs is 5. The third-order valence-corrected chi connectivity index (χ3v) is 21.0. The molecule has 9 aromatic rings. The summed E-state index contributed by atoms with van der Waals surface area (Å²) in [6.45, 7) is 0.712. The van der Waals surface area contributed by atoms with E-state index < -0.39 is 81.7 Å². The van der Waals surface area contributed by atoms with Crippen LogP contribution in [0.2, 0.25) is 5.02 Å². The van der Waals surface area contributed by atoms with E-state index in [1.54, 1.807) is 115 Å². The van der Waals surface area contributed by atoms with Crippen LogP contribution in [-0.4, -0.2) is 185 Å². The molecule has 0 saturated carbocycles. The number of nitrogens with zero attached hydrogens (tertiary/aromatic N) is 4. The van der Waals surface area contributed by atoms with E-state index in [-0.39, 0.29) is 68.5 Å². The SMILES string of the molecule is COc1ccc2c(c1)C(=O)N(C[C@@]1(C#Cc3ccc(C(N)=O)cc3)NC(=O)NC1=O)C2.COc1ccc2c(c1)C(=O)N(C[C@@]1(C#Cc3ccc4[nH]ccc4c3)NC(=O)NC1=O)C2.COc1ccc2c(c1)C(=O)N(C[C@@]1(C#Cc3cccc(C(N)=O)c3)NC(=O)NC1=O)C2.COc1ccc2c(c1)C(=O)N(C[C@@]1(C#Cc3ccccc3Cl)NC(=O)NC1=O)C2. The lowest BCUT2D eigenvalue weighted by Crippen LogP contribution is -2.54. The van der Waals surface area contributed by atoms with E-state index >= 15 is 0 Å². The highest BCUT2D eigenvalue weighted by atomic mass is 35.5. The first-order chi connectivity index (χ1) is 58.5. The maximum absolute atomic E-state index is 12.9. The van der Waals surface area contributed by atoms with Gasteiger partial charge in [0, 0.05) is 98.9 Å². The van der Waals surface area contributed by atoms with Crippen molar-refractivity contribution in [2.24, 2.45) is 11.5 Å². The minimum absolute atomic E-state index is 0.0696. The van der Waals surface area contributed by atoms with Gasteiger partial charge in [-0.25, -0.2) is 19.2 Å². The Labute approximate surface area is 699 Å². The number of carbonyl (C=O) groups excluding carboxylic acids is 14. The maximum Gasteiger partial charge on any atom is 0.323 e. The first-order valence-corrected chi connectivity index (χ1v) is 37.5. The van der Waals surface area contributed by atoms with E-state index in [2.05, 4.69) is 94.9 Å². The number of nitrogens with two attached hydrogens (primary N) is 2. The second-order valence-corrected chi connectivity index (χ2v) is 29.0. The molecule has 8 aromatic carbocycles. The highest BCUT2D eigenvalue weighted by Crippen LogP contribution is 2.34. The minimum atomic E-state index is -1.64. The molecule has 17 rings (SSSR count). The van der Waals surface area contributed by atoms with Gasteiger partial charge >= 0.3 is 24.1 Å². The lowest BCUT2D eigenvalue weighted by Gasteiger charge is -2.26. The Kier molecular flexibility index (Phi) is 22.7. The van der Waals surface area contributed by atoms with Crippen LogP contribution in [0.25, 0.3) is 10.9 Å². The number of hydrogen-bond acceptors (Lipinski definition) is 18. The molecule has 0 radical (unpaired) electrons. The maximum atomic E-state index is 12.9. The molecule has 4 saturated heterocycles. The minimum Gasteiger partial charge on any atom is -0.497 e. The first kappa shape index (κ1) is 82.2. The Bertz CT molecular complexity index is 6300. The van der Waals surface area contributed by atoms with Crippen LogP contribution in [0.4, 0.5) is 19.2 Å². The lowest BCUT2D eigenvalue weighted by molar-refractivity contribution is -0.123. The quantitative estimate of drug-likeness (QED) is 0.0529. The number of hydrogen-bond donors (Lipinski definition) is 11. The van der Waals surface area contributed by atoms with Gasteiger partial charge in [0.25, 0.3) is 47.3 Å². The number of amides is 18. The Hall–Kier alpha value is -16.4. The summed E-state index contributed by atoms with van der Waals surface area (Å²) < 4.78 is 20.7. The smallest absolute Gasteiger partial charge is 0.323 e. The van der Waals surface area contributed by atoms with Gasteiger partial charge in [-0.3, -0.25) is 69.2 Å². The Morgan fingerprint density at radius 3 is 1.07 bits per heavy atom. The lowest BCUT2D eigenvalue weighted by atomic mass is 9.98. The van der Waals surface area contributed by atoms with Gasteiger partial charge in [-0.15, -0.1) is 0 Å². The number of methoxy groups -OCH3 is 4. The summed E-state index contributed by atoms with van der Waals surface area (Å²) in [5.74, 6) is 20.4. The van der Waals surface area contributed by atoms with Gasteiger partial charge in [-0.05, 0) is 150 Å². The molecular formula is C88H70ClN15O18. The summed E-state index contributed by atoms with van der Waals surface area (Å²) in [4.78, 5) is 181. The number of aromatic amines is 1. The van der Waals surface area contributed by atoms with Crippen molar-refractivity contribution in [2.45, 2.75) is 48.3 Å². The van der Waals surface area contributed by atoms with Crippen molar-refractivity contribution in [1.82, 2.24) is 67.1 Å². The molecule has 9 heterocycles. The van der Waals surface area contributed by atoms with Crippen LogP contribution in [0.15, 0.2) is 176 Å². The molecule has 13 N–H and O–H groups in total. The molecule has 612 valence electrons. The average molecular weight is 1660 g/mol. The predicted octanol–water partition coefficient (Wildman–Crippen LogP) is 4.46. The molecule has 34 heteroatoms. The molecule has 0 unspecified atom stereocenters. The fraction of sp³-hybridized carbons (Fsp3) is 0.182. The molecule has 122 heavy (non-hydrogen) atoms. The monoisotopic (exact) mass is 1660 g/mol. The van der Waals surface area contributed by atoms with E-state index in [4.69, 9.17) is 42.0 Å². The van der Waals surface area contributed by atoms with Gasteiger partial charge in [0.15, 0.2) is 0 Å². The molecule has 8 aliphatic heterocycles. The third-order valence-electron chi connectivity index (χ3n) is 20.7. The largest absolute Gasteiger partial charge is 0.497 e. The van der Waals surface area contributed by atoms with Crippen LogP contribution in [0, 0.1) is 47.4 Å². The Balaban J connectivity index is 0.000000133. The molecule has 33 nitrogen and oxygen atoms in total. The van der Waals surface area contributed by atoms with E-state index in [0.717, 1.165) is 33.2 Å². The zero-order chi connectivity index (χ0) is 86.5. The van der Waals surface area contributed by atoms with Crippen molar-refractivity contribution in [2.75, 3.05) is 54.6 Å². The van der Waals surface area contributed by atoms with E-state index in [9.17, 15) is 67.1 Å². The van der Waals surface area contributed by atoms with Crippen molar-refractivity contribution in [3.63, 3.8) is 0 Å². The van der Waals surface area contributed by atoms with Crippen LogP contribution in [0.1, 0.15) is 107 Å². The zero-order valence-electron chi connectivity index (χ0n) is 65.1. The zero-order valence-corrected chi connectivity index (χ0v) is 65.8. The van der Waals surface area contributed by atoms with Gasteiger partial charge in [0.05, 0.1) is 59.6 Å². The first-order valence-electron chi connectivity index (χ1n) is 37.1. The van der Waals surface area contributed by atoms with Crippen LogP contribution in [-0.2, 0) is 45.4 Å². The number of ether oxygens (including phenoxy) is 4. The van der Waals surface area contributed by atoms with Crippen LogP contribution < -0.4 is 72.9 Å². The highest BCUT2D eigenvalue weighted by molar-refractivity contribution is 6.31. The van der Waals surface area contributed by atoms with Gasteiger partial charge in [-0.2, -0.15) is 0 Å². The van der Waals surface area contributed by atoms with Crippen molar-refractivity contribution < 1.29 is 86.1 Å². The summed E-state index contributed by atoms with van der Waals surface area (Å²) in [6.07, 6.45) is 1.83. The molecule has 0 spiro atoms. The summed E-state index contributed by atoms with van der Waals surface area (Å²) >= 11 is 6.14. The van der Waals surface area contributed by atoms with Crippen LogP contribution in [0.3, 0.4) is 0 Å². The number of aromatic nitrogens is 1. The Morgan fingerprint density at radius 2 is 0.721 bits per heavy atom. The van der Waals surface area contributed by atoms with E-state index in [1.165, 1.54) is 66.2 Å². The fourth-order valence-electron chi connectivity index (χ4n) is 14.3. The molecular weight excluding hydrogens is 1590 g/mol. The predicted molar refractivity (Wildman–Crippen MR) is 436 cm³/mol. The normalized spacial score (nSPS) is 19.5. The van der Waals surface area contributed by atoms with Gasteiger partial charge in [-0.1, -0.05) is 101 Å². The molecule has 0 aliphatic carbocycles. The van der Waals surface area contributed by atoms with Crippen LogP contribution in [0.5, 0.6) is 23.0 Å². The van der Waals surface area contributed by atoms with Gasteiger partial charge in [0.2, 0.25) is 34.0 Å². The van der Waals surface area contributed by atoms with E-state index in [0.29, 0.717) is 91.2 Å². The Morgan fingerprint density at radius 1 is 0.377 bits per heavy atom. The summed E-state index contributed by atoms with van der Waals surface area (Å²) in [5.41, 5.74) is 13.1. The molecule has 18 amide bonds. The fourth-order valence-corrected chi connectivity index (χ4v) is 14.5. The molecule has 4 atom stereocenters. The highest BCUT2D eigenvalue weighted by Gasteiger charge is 2.53. The molecule has 8 aliphatic rings. The van der Waals surface area contributed by atoms with Crippen molar-refractivity contribution in [3.05, 3.63) is 259 Å². The number of rotatable bonds is 14. The van der Waals surface area contributed by atoms with Gasteiger partial charge in [0.1, 0.15) is 23.0 Å². The second kappa shape index (κ2) is 33.7. The van der Waals surface area contributed by atoms with Crippen molar-refractivity contribution in [1.29, 1.82) is 0 Å². The number of carbonyl (C=O) groups is 14. The number of benzene rings is 8. The number of nitrogens with one attached hydrogen (secondary N) is 9. The summed E-state index contributed by atoms with van der Waals surface area (Å²) in [5, 5.41) is 20.5. The number of urea groups is 4. The number of H-pyrrole nitrogens is 1. The van der Waals surface area contributed by atoms with Crippen LogP contribution >= 0.6 is 11.6 Å². The average Bonchev–Trinajstić information content (AvgIpc) is 1.63. The van der Waals surface area contributed by atoms with Crippen molar-refractivity contribution >= 4 is 106 Å². The number of halogens is 1. The second-order valence-electron chi connectivity index (χ2n) is 28.6. The van der Waals surface area contributed by atoms with Crippen molar-refractivity contribution in [3.8, 4) is 70.4 Å². The molecule has 1 aromatic heterocycles. The number of primary amides is 2. The summed E-state index contributed by atoms with van der Waals surface area (Å²) in [7, 11) is 6.08. The van der Waals surface area contributed by atoms with E-state index in [1.807, 2.05) is 42.6 Å². The third kappa shape index (κ3) is 17.0. The standard InChI is InChI=1S/C23H18N4O4.2C22H18N4O5.C21H16ClN3O4/c1-31-17-4-3-16-12-27(20(28)18(16)11-17)13-23(21(29)25-22(30)26-23)8-6-14-2-5-19-15(10-14)7-9-24-19;1-31-16-7-6-15-11-26(19(28)17(15)10-16)12-22(20(29)24-21(30)25-22)9-8-13-2-4-14(5-3-13)18(23)27;1-31-16-6-5-15-11-26(19(28)17(15)10-16)12-22(20(29)24-21(30)25-22)8-7-13-3-2-4-14(9-13)18(23)27;1-29-15-7-6-14-11-25(18(26)16(14)10-15)12-21(19(27)23-20(28)24-21)9-8-13-4-2-3-5-17(13)22/h2-5,7,9-11,24H,12-13H2,1H3,(H2,25,26,29,30);2-7,10H,11-12H2,1H3,(H2,23,27)(H2,24,25,29,30);2-6,9-10H,11-12H2,1H3,(H2,23,27)(H2,24,25,29,30);2-7,10H,11-12H2,1H3,(H2,23,24,27,28)/t23-;2*22-;21-/m1111/s1. The summed E-state index contributed by atoms with van der Waals surface area (Å²) in [6, 6.07) is 45.1.